The van der Waals surface area contributed by atoms with Gasteiger partial charge >= 0.3 is 11.6 Å². The quantitative estimate of drug-likeness (QED) is 0.509. The van der Waals surface area contributed by atoms with E-state index in [-0.39, 0.29) is 17.7 Å². The fourth-order valence-corrected chi connectivity index (χ4v) is 1.10. The van der Waals surface area contributed by atoms with Crippen LogP contribution >= 0.6 is 0 Å². The largest absolute Gasteiger partial charge is 0.464 e. The molecule has 14 heavy (non-hydrogen) atoms. The highest BCUT2D eigenvalue weighted by Crippen LogP contribution is 2.26. The maximum atomic E-state index is 10.6. The molecule has 0 amide bonds. The maximum absolute atomic E-state index is 10.6. The van der Waals surface area contributed by atoms with Gasteiger partial charge in [0.1, 0.15) is 12.3 Å². The third kappa shape index (κ3) is 1.53. The summed E-state index contributed by atoms with van der Waals surface area (Å²) in [6, 6.07) is 0. The van der Waals surface area contributed by atoms with Gasteiger partial charge in [-0.3, -0.25) is 14.8 Å². The average Bonchev–Trinajstić information content (AvgIpc) is 2.39. The second kappa shape index (κ2) is 3.26. The normalized spacial score (nSPS) is 16.4. The number of hydrogen-bond acceptors (Lipinski definition) is 5. The second-order valence-corrected chi connectivity index (χ2v) is 3.03. The molecule has 0 N–H and O–H groups in total. The van der Waals surface area contributed by atoms with Crippen molar-refractivity contribution in [3.05, 3.63) is 16.3 Å². The van der Waals surface area contributed by atoms with Crippen LogP contribution < -0.4 is 4.74 Å². The van der Waals surface area contributed by atoms with E-state index >= 15 is 0 Å². The average molecular weight is 199 g/mol. The highest BCUT2D eigenvalue weighted by molar-refractivity contribution is 5.38. The molecule has 0 unspecified atom stereocenters. The van der Waals surface area contributed by atoms with Gasteiger partial charge in [0.15, 0.2) is 0 Å². The molecule has 0 aromatic carbocycles. The molecule has 0 spiro atoms. The summed E-state index contributed by atoms with van der Waals surface area (Å²) in [5.41, 5.74) is -0.112. The maximum Gasteiger partial charge on any atom is 0.350 e. The third-order valence-corrected chi connectivity index (χ3v) is 1.86. The molecule has 1 aromatic heterocycles. The van der Waals surface area contributed by atoms with Gasteiger partial charge in [0, 0.05) is 7.05 Å². The second-order valence-electron chi connectivity index (χ2n) is 3.03. The lowest BCUT2D eigenvalue weighted by molar-refractivity contribution is -0.386. The van der Waals surface area contributed by atoms with Crippen LogP contribution in [0, 0.1) is 10.1 Å². The van der Waals surface area contributed by atoms with E-state index in [0.29, 0.717) is 13.2 Å². The summed E-state index contributed by atoms with van der Waals surface area (Å²) in [6.45, 7) is 0.932. The number of aryl methyl sites for hydroxylation is 1. The van der Waals surface area contributed by atoms with E-state index in [4.69, 9.17) is 9.47 Å². The van der Waals surface area contributed by atoms with Crippen molar-refractivity contribution >= 4 is 5.69 Å². The minimum absolute atomic E-state index is 0.0609. The molecule has 1 aliphatic heterocycles. The Balaban J connectivity index is 2.17. The van der Waals surface area contributed by atoms with Crippen molar-refractivity contribution in [2.45, 2.75) is 6.10 Å². The molecule has 0 radical (unpaired) electrons. The lowest BCUT2D eigenvalue weighted by Gasteiger charge is -2.25. The standard InChI is InChI=1S/C7H9N3O4/c1-9-2-6(10(11)12)7(8-9)14-5-3-13-4-5/h2,5H,3-4H2,1H3. The van der Waals surface area contributed by atoms with Crippen LogP contribution in [0.4, 0.5) is 5.69 Å². The lowest BCUT2D eigenvalue weighted by atomic mass is 10.3. The lowest BCUT2D eigenvalue weighted by Crippen LogP contribution is -2.38. The van der Waals surface area contributed by atoms with Crippen molar-refractivity contribution in [3.63, 3.8) is 0 Å². The summed E-state index contributed by atoms with van der Waals surface area (Å²) in [6.07, 6.45) is 1.21. The molecule has 1 aliphatic rings. The predicted molar refractivity (Wildman–Crippen MR) is 45.1 cm³/mol. The van der Waals surface area contributed by atoms with Gasteiger partial charge in [-0.1, -0.05) is 0 Å². The van der Waals surface area contributed by atoms with Gasteiger partial charge in [0.2, 0.25) is 0 Å². The fraction of sp³-hybridized carbons (Fsp3) is 0.571. The number of rotatable bonds is 3. The van der Waals surface area contributed by atoms with Crippen LogP contribution in [-0.4, -0.2) is 34.0 Å². The molecular weight excluding hydrogens is 190 g/mol. The topological polar surface area (TPSA) is 79.4 Å². The number of nitro groups is 1. The minimum atomic E-state index is -0.512. The van der Waals surface area contributed by atoms with Gasteiger partial charge in [-0.25, -0.2) is 0 Å². The van der Waals surface area contributed by atoms with Crippen LogP contribution in [0.5, 0.6) is 5.88 Å². The summed E-state index contributed by atoms with van der Waals surface area (Å²) in [5, 5.41) is 14.4. The Bertz CT molecular complexity index is 358. The van der Waals surface area contributed by atoms with Crippen molar-refractivity contribution < 1.29 is 14.4 Å². The summed E-state index contributed by atoms with van der Waals surface area (Å²) < 4.78 is 11.5. The first-order valence-electron chi connectivity index (χ1n) is 4.09. The summed E-state index contributed by atoms with van der Waals surface area (Å²) >= 11 is 0. The van der Waals surface area contributed by atoms with E-state index in [1.54, 1.807) is 7.05 Å². The first-order chi connectivity index (χ1) is 6.66. The number of aromatic nitrogens is 2. The third-order valence-electron chi connectivity index (χ3n) is 1.86. The smallest absolute Gasteiger partial charge is 0.350 e. The minimum Gasteiger partial charge on any atom is -0.464 e. The molecule has 1 aromatic rings. The Labute approximate surface area is 79.4 Å². The summed E-state index contributed by atoms with van der Waals surface area (Å²) in [7, 11) is 1.61. The molecule has 76 valence electrons. The molecule has 0 bridgehead atoms. The van der Waals surface area contributed by atoms with Crippen LogP contribution in [0.1, 0.15) is 0 Å². The van der Waals surface area contributed by atoms with Crippen molar-refractivity contribution in [3.8, 4) is 5.88 Å². The summed E-state index contributed by atoms with van der Waals surface area (Å²) in [5.74, 6) is 0.0609. The first-order valence-corrected chi connectivity index (χ1v) is 4.09. The van der Waals surface area contributed by atoms with Gasteiger partial charge in [0.05, 0.1) is 18.1 Å². The predicted octanol–water partition coefficient (Wildman–Crippen LogP) is 0.106. The Morgan fingerprint density at radius 2 is 2.50 bits per heavy atom. The van der Waals surface area contributed by atoms with Gasteiger partial charge in [-0.15, -0.1) is 5.10 Å². The molecule has 1 fully saturated rings. The van der Waals surface area contributed by atoms with Gasteiger partial charge in [0.25, 0.3) is 0 Å². The molecule has 2 rings (SSSR count). The highest BCUT2D eigenvalue weighted by atomic mass is 16.6. The first kappa shape index (κ1) is 8.95. The van der Waals surface area contributed by atoms with Crippen LogP contribution in [0.15, 0.2) is 6.20 Å². The van der Waals surface area contributed by atoms with E-state index in [9.17, 15) is 10.1 Å². The molecule has 1 saturated heterocycles. The van der Waals surface area contributed by atoms with Gasteiger partial charge in [-0.2, -0.15) is 0 Å². The Morgan fingerprint density at radius 1 is 1.79 bits per heavy atom. The molecule has 0 aliphatic carbocycles. The SMILES string of the molecule is Cn1cc([N+](=O)[O-])c(OC2COC2)n1. The zero-order valence-corrected chi connectivity index (χ0v) is 7.54. The molecule has 7 heteroatoms. The van der Waals surface area contributed by atoms with Crippen molar-refractivity contribution in [2.24, 2.45) is 7.05 Å². The zero-order chi connectivity index (χ0) is 10.1. The van der Waals surface area contributed by atoms with Gasteiger partial charge < -0.3 is 9.47 Å². The molecule has 0 atom stereocenters. The van der Waals surface area contributed by atoms with Crippen LogP contribution in [0.2, 0.25) is 0 Å². The summed E-state index contributed by atoms with van der Waals surface area (Å²) in [4.78, 5) is 10.1. The van der Waals surface area contributed by atoms with E-state index in [1.807, 2.05) is 0 Å². The number of hydrogen-bond donors (Lipinski definition) is 0. The highest BCUT2D eigenvalue weighted by Gasteiger charge is 2.27. The number of nitrogens with zero attached hydrogens (tertiary/aromatic N) is 3. The van der Waals surface area contributed by atoms with Crippen LogP contribution in [-0.2, 0) is 11.8 Å². The van der Waals surface area contributed by atoms with Crippen molar-refractivity contribution in [1.82, 2.24) is 9.78 Å². The van der Waals surface area contributed by atoms with Crippen LogP contribution in [0.25, 0.3) is 0 Å². The van der Waals surface area contributed by atoms with E-state index < -0.39 is 4.92 Å². The zero-order valence-electron chi connectivity index (χ0n) is 7.54. The van der Waals surface area contributed by atoms with Gasteiger partial charge in [-0.05, 0) is 0 Å². The molecule has 7 nitrogen and oxygen atoms in total. The Hall–Kier alpha value is -1.63. The molecular formula is C7H9N3O4. The van der Waals surface area contributed by atoms with E-state index in [1.165, 1.54) is 10.9 Å². The van der Waals surface area contributed by atoms with Crippen molar-refractivity contribution in [2.75, 3.05) is 13.2 Å². The monoisotopic (exact) mass is 199 g/mol. The number of ether oxygens (including phenoxy) is 2. The van der Waals surface area contributed by atoms with E-state index in [0.717, 1.165) is 0 Å². The fourth-order valence-electron chi connectivity index (χ4n) is 1.10. The molecule has 2 heterocycles. The molecule has 0 saturated carbocycles. The van der Waals surface area contributed by atoms with E-state index in [2.05, 4.69) is 5.10 Å². The Kier molecular flexibility index (Phi) is 2.08. The Morgan fingerprint density at radius 3 is 3.00 bits per heavy atom. The van der Waals surface area contributed by atoms with Crippen molar-refractivity contribution in [1.29, 1.82) is 0 Å². The van der Waals surface area contributed by atoms with Crippen LogP contribution in [0.3, 0.4) is 0 Å².